The zero-order valence-corrected chi connectivity index (χ0v) is 20.8. The van der Waals surface area contributed by atoms with Gasteiger partial charge in [0.25, 0.3) is 0 Å². The quantitative estimate of drug-likeness (QED) is 0.203. The number of aliphatic carboxylic acids is 1. The van der Waals surface area contributed by atoms with Gasteiger partial charge in [-0.3, -0.25) is 13.8 Å². The van der Waals surface area contributed by atoms with Gasteiger partial charge in [0.2, 0.25) is 5.60 Å². The molecule has 16 nitrogen and oxygen atoms in total. The molecule has 6 atom stereocenters. The van der Waals surface area contributed by atoms with Crippen molar-refractivity contribution in [3.8, 4) is 6.07 Å². The fourth-order valence-electron chi connectivity index (χ4n) is 3.37. The largest absolute Gasteiger partial charge is 0.480 e. The van der Waals surface area contributed by atoms with E-state index in [1.165, 1.54) is 16.6 Å². The van der Waals surface area contributed by atoms with E-state index in [4.69, 9.17) is 24.6 Å². The molecule has 6 N–H and O–H groups in total. The van der Waals surface area contributed by atoms with Crippen molar-refractivity contribution in [1.29, 1.82) is 5.26 Å². The summed E-state index contributed by atoms with van der Waals surface area (Å²) < 4.78 is 53.2. The molecule has 1 aliphatic rings. The molecule has 0 saturated carbocycles. The Hall–Kier alpha value is -2.68. The zero-order chi connectivity index (χ0) is 26.9. The van der Waals surface area contributed by atoms with Crippen molar-refractivity contribution >= 4 is 34.9 Å². The van der Waals surface area contributed by atoms with Crippen LogP contribution in [0.2, 0.25) is 0 Å². The standard InChI is InChI=1S/C18H25N6O10PS/c1-10(17(27)28)23-35(29,32-5-6-36(2,30)31)33-8-18(7-19)15(26)13(25)14(34-18)11-3-4-12-16(20)21-9-22-24(11)12/h3-4,9-10,13-15,25-26H,5-6,8H2,1-2H3,(H,23,29)(H,27,28)(H2,20,21,22)/t10?,13-,14-,15-,18+,35?/m0/s1. The fraction of sp³-hybridized carbons (Fsp3) is 0.556. The van der Waals surface area contributed by atoms with Gasteiger partial charge in [0.05, 0.1) is 18.1 Å². The van der Waals surface area contributed by atoms with E-state index in [2.05, 4.69) is 15.2 Å². The van der Waals surface area contributed by atoms with E-state index in [0.717, 1.165) is 19.5 Å². The predicted molar refractivity (Wildman–Crippen MR) is 121 cm³/mol. The first-order valence-corrected chi connectivity index (χ1v) is 13.9. The van der Waals surface area contributed by atoms with Gasteiger partial charge in [-0.15, -0.1) is 0 Å². The van der Waals surface area contributed by atoms with Crippen molar-refractivity contribution in [2.24, 2.45) is 0 Å². The summed E-state index contributed by atoms with van der Waals surface area (Å²) in [6.45, 7) is -0.445. The number of carboxylic acid groups (broad SMARTS) is 1. The molecule has 36 heavy (non-hydrogen) atoms. The summed E-state index contributed by atoms with van der Waals surface area (Å²) in [6.07, 6.45) is -2.79. The van der Waals surface area contributed by atoms with Crippen LogP contribution in [0, 0.1) is 11.3 Å². The number of nitrogen functional groups attached to an aromatic ring is 1. The minimum atomic E-state index is -4.56. The number of nitriles is 1. The third-order valence-electron chi connectivity index (χ3n) is 5.33. The molecule has 0 spiro atoms. The number of hydrogen-bond donors (Lipinski definition) is 5. The molecule has 0 radical (unpaired) electrons. The normalized spacial score (nSPS) is 26.9. The van der Waals surface area contributed by atoms with Crippen LogP contribution in [0.5, 0.6) is 0 Å². The number of ether oxygens (including phenoxy) is 1. The highest BCUT2D eigenvalue weighted by molar-refractivity contribution is 7.90. The second-order valence-electron chi connectivity index (χ2n) is 8.10. The highest BCUT2D eigenvalue weighted by atomic mass is 32.2. The number of aromatic nitrogens is 3. The molecule has 2 aromatic rings. The molecule has 1 fully saturated rings. The maximum absolute atomic E-state index is 13.2. The van der Waals surface area contributed by atoms with Gasteiger partial charge in [0.1, 0.15) is 58.7 Å². The number of nitrogens with two attached hydrogens (primary N) is 1. The molecule has 1 saturated heterocycles. The number of sulfone groups is 1. The number of hydrogen-bond acceptors (Lipinski definition) is 13. The van der Waals surface area contributed by atoms with Crippen molar-refractivity contribution in [3.63, 3.8) is 0 Å². The third-order valence-corrected chi connectivity index (χ3v) is 7.93. The van der Waals surface area contributed by atoms with Crippen LogP contribution in [-0.4, -0.2) is 93.4 Å². The summed E-state index contributed by atoms with van der Waals surface area (Å²) in [7, 11) is -8.08. The molecule has 0 aromatic carbocycles. The molecule has 2 unspecified atom stereocenters. The molecule has 18 heteroatoms. The summed E-state index contributed by atoms with van der Waals surface area (Å²) in [5, 5.41) is 46.5. The van der Waals surface area contributed by atoms with Crippen LogP contribution in [0.3, 0.4) is 0 Å². The first-order valence-electron chi connectivity index (χ1n) is 10.3. The van der Waals surface area contributed by atoms with Gasteiger partial charge in [-0.05, 0) is 19.1 Å². The Morgan fingerprint density at radius 2 is 2.14 bits per heavy atom. The highest BCUT2D eigenvalue weighted by Crippen LogP contribution is 2.48. The molecule has 0 aliphatic carbocycles. The van der Waals surface area contributed by atoms with Crippen LogP contribution in [0.25, 0.3) is 5.52 Å². The maximum Gasteiger partial charge on any atom is 0.406 e. The third kappa shape index (κ3) is 5.82. The number of anilines is 1. The van der Waals surface area contributed by atoms with Crippen molar-refractivity contribution in [2.75, 3.05) is 31.0 Å². The average molecular weight is 548 g/mol. The summed E-state index contributed by atoms with van der Waals surface area (Å²) in [4.78, 5) is 15.1. The second kappa shape index (κ2) is 10.4. The van der Waals surface area contributed by atoms with Crippen LogP contribution in [-0.2, 0) is 33.0 Å². The lowest BCUT2D eigenvalue weighted by Crippen LogP contribution is -2.46. The Bertz CT molecular complexity index is 1330. The van der Waals surface area contributed by atoms with Gasteiger partial charge in [0, 0.05) is 6.26 Å². The lowest BCUT2D eigenvalue weighted by molar-refractivity contribution is -0.138. The van der Waals surface area contributed by atoms with Crippen LogP contribution in [0.4, 0.5) is 5.82 Å². The van der Waals surface area contributed by atoms with Gasteiger partial charge in [0.15, 0.2) is 5.82 Å². The van der Waals surface area contributed by atoms with Crippen LogP contribution >= 0.6 is 7.75 Å². The minimum absolute atomic E-state index is 0.130. The predicted octanol–water partition coefficient (Wildman–Crippen LogP) is -1.38. The minimum Gasteiger partial charge on any atom is -0.480 e. The first-order chi connectivity index (χ1) is 16.7. The first kappa shape index (κ1) is 27.9. The molecule has 0 bridgehead atoms. The van der Waals surface area contributed by atoms with Gasteiger partial charge in [-0.1, -0.05) is 0 Å². The van der Waals surface area contributed by atoms with E-state index in [1.54, 1.807) is 6.07 Å². The summed E-state index contributed by atoms with van der Waals surface area (Å²) in [5.74, 6) is -1.85. The number of nitrogens with one attached hydrogen (secondary N) is 1. The molecule has 198 valence electrons. The van der Waals surface area contributed by atoms with Gasteiger partial charge in [-0.25, -0.2) is 27.6 Å². The van der Waals surface area contributed by atoms with Crippen LogP contribution in [0.1, 0.15) is 18.7 Å². The number of nitrogens with zero attached hydrogens (tertiary/aromatic N) is 4. The number of fused-ring (bicyclic) bond motifs is 1. The Morgan fingerprint density at radius 1 is 1.44 bits per heavy atom. The van der Waals surface area contributed by atoms with E-state index in [-0.39, 0.29) is 11.5 Å². The maximum atomic E-state index is 13.2. The molecule has 2 aromatic heterocycles. The van der Waals surface area contributed by atoms with E-state index in [1.807, 2.05) is 0 Å². The number of carboxylic acids is 1. The SMILES string of the molecule is CC(NP(=O)(OCCS(C)(=O)=O)OC[C@@]1(C#N)O[C@@H](c2ccc3c(N)ncnn23)[C@H](O)[C@@H]1O)C(=O)O. The molecule has 3 heterocycles. The van der Waals surface area contributed by atoms with Gasteiger partial charge >= 0.3 is 13.7 Å². The highest BCUT2D eigenvalue weighted by Gasteiger charge is 2.57. The Kier molecular flexibility index (Phi) is 8.03. The van der Waals surface area contributed by atoms with Gasteiger partial charge in [-0.2, -0.15) is 10.4 Å². The van der Waals surface area contributed by atoms with Crippen molar-refractivity contribution in [2.45, 2.75) is 36.9 Å². The lowest BCUT2D eigenvalue weighted by atomic mass is 9.96. The van der Waals surface area contributed by atoms with E-state index >= 15 is 0 Å². The molecular weight excluding hydrogens is 523 g/mol. The topological polar surface area (TPSA) is 249 Å². The number of carbonyl (C=O) groups is 1. The lowest BCUT2D eigenvalue weighted by Gasteiger charge is -2.28. The second-order valence-corrected chi connectivity index (χ2v) is 12.1. The molecular formula is C18H25N6O10PS. The van der Waals surface area contributed by atoms with E-state index in [0.29, 0.717) is 5.52 Å². The molecule has 1 aliphatic heterocycles. The van der Waals surface area contributed by atoms with Crippen LogP contribution in [0.15, 0.2) is 18.5 Å². The fourth-order valence-corrected chi connectivity index (χ4v) is 5.38. The monoisotopic (exact) mass is 548 g/mol. The van der Waals surface area contributed by atoms with Crippen LogP contribution < -0.4 is 10.8 Å². The number of rotatable bonds is 11. The summed E-state index contributed by atoms with van der Waals surface area (Å²) in [5.41, 5.74) is 4.11. The smallest absolute Gasteiger partial charge is 0.406 e. The number of aliphatic hydroxyl groups excluding tert-OH is 2. The molecule has 3 rings (SSSR count). The van der Waals surface area contributed by atoms with Crippen molar-refractivity contribution in [1.82, 2.24) is 19.7 Å². The van der Waals surface area contributed by atoms with E-state index in [9.17, 15) is 33.3 Å². The van der Waals surface area contributed by atoms with Crippen molar-refractivity contribution < 1.29 is 46.9 Å². The van der Waals surface area contributed by atoms with Crippen molar-refractivity contribution in [3.05, 3.63) is 24.2 Å². The van der Waals surface area contributed by atoms with E-state index < -0.39 is 72.5 Å². The zero-order valence-electron chi connectivity index (χ0n) is 19.1. The summed E-state index contributed by atoms with van der Waals surface area (Å²) in [6, 6.07) is 3.27. The summed E-state index contributed by atoms with van der Waals surface area (Å²) >= 11 is 0. The molecule has 0 amide bonds. The Balaban J connectivity index is 1.85. The Morgan fingerprint density at radius 3 is 2.75 bits per heavy atom. The average Bonchev–Trinajstić information content (AvgIpc) is 3.32. The van der Waals surface area contributed by atoms with Gasteiger partial charge < -0.3 is 25.8 Å². The Labute approximate surface area is 205 Å². The number of aliphatic hydroxyl groups is 2.